The lowest BCUT2D eigenvalue weighted by atomic mass is 10.5. The highest BCUT2D eigenvalue weighted by molar-refractivity contribution is 5.58. The third-order valence-electron chi connectivity index (χ3n) is 2.12. The number of hydrogen-bond acceptors (Lipinski definition) is 3. The molecule has 3 nitrogen and oxygen atoms in total. The first-order valence-electron chi connectivity index (χ1n) is 5.63. The van der Waals surface area contributed by atoms with Gasteiger partial charge in [0.25, 0.3) is 0 Å². The molecule has 0 heterocycles. The zero-order chi connectivity index (χ0) is 10.6. The number of likely N-dealkylation sites (N-methyl/N-ethyl adjacent to an activating group) is 1. The van der Waals surface area contributed by atoms with Gasteiger partial charge in [-0.05, 0) is 19.5 Å². The van der Waals surface area contributed by atoms with Crippen LogP contribution in [0.2, 0.25) is 0 Å². The van der Waals surface area contributed by atoms with E-state index in [1.54, 1.807) is 0 Å². The van der Waals surface area contributed by atoms with Crippen molar-refractivity contribution < 1.29 is 4.74 Å². The minimum atomic E-state index is 0.654. The van der Waals surface area contributed by atoms with Gasteiger partial charge in [0.1, 0.15) is 0 Å². The fourth-order valence-corrected chi connectivity index (χ4v) is 1.14. The predicted octanol–water partition coefficient (Wildman–Crippen LogP) is 1.83. The average Bonchev–Trinajstić information content (AvgIpc) is 2.22. The maximum absolute atomic E-state index is 5.42. The Kier molecular flexibility index (Phi) is 10.4. The third-order valence-corrected chi connectivity index (χ3v) is 2.12. The molecule has 14 heavy (non-hydrogen) atoms. The van der Waals surface area contributed by atoms with E-state index in [0.29, 0.717) is 6.61 Å². The van der Waals surface area contributed by atoms with E-state index in [1.807, 2.05) is 6.21 Å². The molecule has 0 aromatic carbocycles. The standard InChI is InChI=1S/C11H24N2O/c1-4-7-12-8-10-14-11-9-13(5-2)6-3/h8H,4-7,9-11H2,1-3H3. The van der Waals surface area contributed by atoms with E-state index in [1.165, 1.54) is 0 Å². The highest BCUT2D eigenvalue weighted by atomic mass is 16.5. The Morgan fingerprint density at radius 3 is 2.50 bits per heavy atom. The molecule has 0 unspecified atom stereocenters. The molecule has 0 rings (SSSR count). The Bertz CT molecular complexity index is 133. The molecular weight excluding hydrogens is 176 g/mol. The molecule has 0 aromatic heterocycles. The van der Waals surface area contributed by atoms with Gasteiger partial charge in [-0.15, -0.1) is 0 Å². The second kappa shape index (κ2) is 10.7. The van der Waals surface area contributed by atoms with Crippen LogP contribution in [0, 0.1) is 0 Å². The summed E-state index contributed by atoms with van der Waals surface area (Å²) < 4.78 is 5.42. The molecule has 0 atom stereocenters. The molecular formula is C11H24N2O. The maximum atomic E-state index is 5.42. The molecule has 0 aliphatic heterocycles. The first-order chi connectivity index (χ1) is 6.85. The van der Waals surface area contributed by atoms with Crippen molar-refractivity contribution in [3.63, 3.8) is 0 Å². The largest absolute Gasteiger partial charge is 0.374 e. The zero-order valence-electron chi connectivity index (χ0n) is 9.83. The van der Waals surface area contributed by atoms with Crippen molar-refractivity contribution in [3.05, 3.63) is 0 Å². The molecule has 0 aliphatic carbocycles. The Balaban J connectivity index is 3.19. The van der Waals surface area contributed by atoms with E-state index in [9.17, 15) is 0 Å². The van der Waals surface area contributed by atoms with E-state index in [4.69, 9.17) is 4.74 Å². The highest BCUT2D eigenvalue weighted by Crippen LogP contribution is 1.86. The zero-order valence-corrected chi connectivity index (χ0v) is 9.83. The number of hydrogen-bond donors (Lipinski definition) is 0. The van der Waals surface area contributed by atoms with E-state index in [0.717, 1.165) is 39.2 Å². The third kappa shape index (κ3) is 8.20. The normalized spacial score (nSPS) is 11.7. The van der Waals surface area contributed by atoms with Crippen LogP contribution in [0.3, 0.4) is 0 Å². The summed E-state index contributed by atoms with van der Waals surface area (Å²) in [5.74, 6) is 0. The molecule has 0 radical (unpaired) electrons. The quantitative estimate of drug-likeness (QED) is 0.419. The first kappa shape index (κ1) is 13.6. The molecule has 0 N–H and O–H groups in total. The summed E-state index contributed by atoms with van der Waals surface area (Å²) >= 11 is 0. The molecule has 84 valence electrons. The molecule has 0 saturated carbocycles. The van der Waals surface area contributed by atoms with Crippen LogP contribution in [0.4, 0.5) is 0 Å². The SMILES string of the molecule is CCCN=CCOCCN(CC)CC. The van der Waals surface area contributed by atoms with Crippen molar-refractivity contribution in [1.29, 1.82) is 0 Å². The van der Waals surface area contributed by atoms with E-state index < -0.39 is 0 Å². The van der Waals surface area contributed by atoms with Crippen molar-refractivity contribution in [2.45, 2.75) is 27.2 Å². The van der Waals surface area contributed by atoms with Gasteiger partial charge in [0.15, 0.2) is 0 Å². The number of nitrogens with zero attached hydrogens (tertiary/aromatic N) is 2. The molecule has 3 heteroatoms. The molecule has 0 aliphatic rings. The topological polar surface area (TPSA) is 24.8 Å². The predicted molar refractivity (Wildman–Crippen MR) is 62.3 cm³/mol. The molecule has 0 spiro atoms. The van der Waals surface area contributed by atoms with Gasteiger partial charge < -0.3 is 9.64 Å². The van der Waals surface area contributed by atoms with Crippen LogP contribution < -0.4 is 0 Å². The summed E-state index contributed by atoms with van der Waals surface area (Å²) in [4.78, 5) is 6.53. The minimum absolute atomic E-state index is 0.654. The maximum Gasteiger partial charge on any atom is 0.0814 e. The fourth-order valence-electron chi connectivity index (χ4n) is 1.14. The van der Waals surface area contributed by atoms with Gasteiger partial charge in [0.05, 0.1) is 13.2 Å². The van der Waals surface area contributed by atoms with Crippen molar-refractivity contribution in [2.24, 2.45) is 4.99 Å². The molecule has 0 aromatic rings. The van der Waals surface area contributed by atoms with Gasteiger partial charge >= 0.3 is 0 Å². The number of ether oxygens (including phenoxy) is 1. The smallest absolute Gasteiger partial charge is 0.0814 e. The molecule has 0 bridgehead atoms. The van der Waals surface area contributed by atoms with Gasteiger partial charge in [0.2, 0.25) is 0 Å². The summed E-state index contributed by atoms with van der Waals surface area (Å²) in [6.45, 7) is 12.1. The van der Waals surface area contributed by atoms with E-state index >= 15 is 0 Å². The van der Waals surface area contributed by atoms with Crippen molar-refractivity contribution in [2.75, 3.05) is 39.4 Å². The Labute approximate surface area is 88.2 Å². The van der Waals surface area contributed by atoms with E-state index in [-0.39, 0.29) is 0 Å². The van der Waals surface area contributed by atoms with Gasteiger partial charge in [0, 0.05) is 19.3 Å². The first-order valence-corrected chi connectivity index (χ1v) is 5.63. The Morgan fingerprint density at radius 2 is 1.93 bits per heavy atom. The highest BCUT2D eigenvalue weighted by Gasteiger charge is 1.96. The summed E-state index contributed by atoms with van der Waals surface area (Å²) in [6.07, 6.45) is 2.97. The summed E-state index contributed by atoms with van der Waals surface area (Å²) in [5.41, 5.74) is 0. The lowest BCUT2D eigenvalue weighted by Crippen LogP contribution is -2.27. The van der Waals surface area contributed by atoms with Gasteiger partial charge in [-0.25, -0.2) is 0 Å². The van der Waals surface area contributed by atoms with Crippen LogP contribution in [0.1, 0.15) is 27.2 Å². The minimum Gasteiger partial charge on any atom is -0.374 e. The molecule has 0 saturated heterocycles. The lowest BCUT2D eigenvalue weighted by Gasteiger charge is -2.17. The average molecular weight is 200 g/mol. The van der Waals surface area contributed by atoms with Gasteiger partial charge in [-0.3, -0.25) is 4.99 Å². The fraction of sp³-hybridized carbons (Fsp3) is 0.909. The van der Waals surface area contributed by atoms with Crippen molar-refractivity contribution in [3.8, 4) is 0 Å². The second-order valence-electron chi connectivity index (χ2n) is 3.19. The summed E-state index contributed by atoms with van der Waals surface area (Å²) in [7, 11) is 0. The van der Waals surface area contributed by atoms with Crippen LogP contribution in [0.15, 0.2) is 4.99 Å². The van der Waals surface area contributed by atoms with Gasteiger partial charge in [-0.1, -0.05) is 20.8 Å². The van der Waals surface area contributed by atoms with E-state index in [2.05, 4.69) is 30.7 Å². The van der Waals surface area contributed by atoms with Crippen LogP contribution in [-0.4, -0.2) is 50.5 Å². The summed E-state index contributed by atoms with van der Waals surface area (Å²) in [6, 6.07) is 0. The van der Waals surface area contributed by atoms with Crippen LogP contribution >= 0.6 is 0 Å². The molecule has 0 fully saturated rings. The van der Waals surface area contributed by atoms with Crippen LogP contribution in [0.25, 0.3) is 0 Å². The van der Waals surface area contributed by atoms with Crippen LogP contribution in [0.5, 0.6) is 0 Å². The van der Waals surface area contributed by atoms with Crippen molar-refractivity contribution in [1.82, 2.24) is 4.90 Å². The summed E-state index contributed by atoms with van der Waals surface area (Å²) in [5, 5.41) is 0. The van der Waals surface area contributed by atoms with Crippen molar-refractivity contribution >= 4 is 6.21 Å². The Morgan fingerprint density at radius 1 is 1.21 bits per heavy atom. The molecule has 0 amide bonds. The number of rotatable bonds is 9. The Hall–Kier alpha value is -0.410. The van der Waals surface area contributed by atoms with Crippen LogP contribution in [-0.2, 0) is 4.74 Å². The monoisotopic (exact) mass is 200 g/mol. The number of aliphatic imine (C=N–C) groups is 1. The second-order valence-corrected chi connectivity index (χ2v) is 3.19. The lowest BCUT2D eigenvalue weighted by molar-refractivity contribution is 0.137. The van der Waals surface area contributed by atoms with Gasteiger partial charge in [-0.2, -0.15) is 0 Å².